The number of fused-ring (bicyclic) bond motifs is 1. The second-order valence-electron chi connectivity index (χ2n) is 4.33. The summed E-state index contributed by atoms with van der Waals surface area (Å²) in [6.45, 7) is 2.05. The Morgan fingerprint density at radius 2 is 1.78 bits per heavy atom. The first kappa shape index (κ1) is 12.7. The fraction of sp³-hybridized carbons (Fsp3) is 0.333. The largest absolute Gasteiger partial charge is 0.496 e. The predicted molar refractivity (Wildman–Crippen MR) is 72.6 cm³/mol. The number of methoxy groups -OCH3 is 2. The van der Waals surface area contributed by atoms with Gasteiger partial charge in [-0.1, -0.05) is 31.2 Å². The van der Waals surface area contributed by atoms with E-state index in [1.165, 1.54) is 0 Å². The quantitative estimate of drug-likeness (QED) is 0.901. The van der Waals surface area contributed by atoms with Crippen molar-refractivity contribution in [2.45, 2.75) is 12.8 Å². The van der Waals surface area contributed by atoms with Gasteiger partial charge in [-0.25, -0.2) is 0 Å². The molecule has 0 aliphatic heterocycles. The first-order valence-electron chi connectivity index (χ1n) is 5.97. The smallest absolute Gasteiger partial charge is 0.130 e. The van der Waals surface area contributed by atoms with E-state index in [4.69, 9.17) is 9.47 Å². The van der Waals surface area contributed by atoms with Gasteiger partial charge in [-0.05, 0) is 6.07 Å². The molecule has 0 aliphatic rings. The number of hydrogen-bond donors (Lipinski definition) is 1. The molecule has 0 radical (unpaired) electrons. The average Bonchev–Trinajstić information content (AvgIpc) is 2.44. The van der Waals surface area contributed by atoms with Crippen molar-refractivity contribution in [3.63, 3.8) is 0 Å². The molecule has 0 aromatic heterocycles. The molecular weight excluding hydrogens is 228 g/mol. The lowest BCUT2D eigenvalue weighted by molar-refractivity contribution is 0.269. The average molecular weight is 246 g/mol. The van der Waals surface area contributed by atoms with Crippen molar-refractivity contribution >= 4 is 10.8 Å². The van der Waals surface area contributed by atoms with Crippen LogP contribution >= 0.6 is 0 Å². The molecule has 3 nitrogen and oxygen atoms in total. The summed E-state index contributed by atoms with van der Waals surface area (Å²) >= 11 is 0. The highest BCUT2D eigenvalue weighted by Crippen LogP contribution is 2.39. The minimum Gasteiger partial charge on any atom is -0.496 e. The molecule has 0 aliphatic carbocycles. The molecule has 2 rings (SSSR count). The van der Waals surface area contributed by atoms with Crippen LogP contribution in [0.5, 0.6) is 11.5 Å². The second kappa shape index (κ2) is 5.27. The van der Waals surface area contributed by atoms with E-state index in [-0.39, 0.29) is 12.5 Å². The molecule has 18 heavy (non-hydrogen) atoms. The Morgan fingerprint density at radius 1 is 1.11 bits per heavy atom. The van der Waals surface area contributed by atoms with Crippen LogP contribution in [-0.4, -0.2) is 25.9 Å². The van der Waals surface area contributed by atoms with Gasteiger partial charge in [0.2, 0.25) is 0 Å². The van der Waals surface area contributed by atoms with Crippen molar-refractivity contribution < 1.29 is 14.6 Å². The third-order valence-corrected chi connectivity index (χ3v) is 3.21. The summed E-state index contributed by atoms with van der Waals surface area (Å²) in [7, 11) is 3.31. The highest BCUT2D eigenvalue weighted by Gasteiger charge is 2.17. The number of benzene rings is 2. The van der Waals surface area contributed by atoms with Crippen molar-refractivity contribution in [2.24, 2.45) is 0 Å². The van der Waals surface area contributed by atoms with E-state index in [1.807, 2.05) is 37.3 Å². The Bertz CT molecular complexity index is 549. The summed E-state index contributed by atoms with van der Waals surface area (Å²) < 4.78 is 10.9. The predicted octanol–water partition coefficient (Wildman–Crippen LogP) is 2.95. The molecule has 0 fully saturated rings. The Balaban J connectivity index is 2.78. The minimum absolute atomic E-state index is 0.0125. The van der Waals surface area contributed by atoms with Gasteiger partial charge in [0.1, 0.15) is 11.5 Å². The maximum absolute atomic E-state index is 9.35. The van der Waals surface area contributed by atoms with E-state index in [0.29, 0.717) is 0 Å². The lowest BCUT2D eigenvalue weighted by atomic mass is 9.96. The molecule has 2 aromatic carbocycles. The third-order valence-electron chi connectivity index (χ3n) is 3.21. The van der Waals surface area contributed by atoms with E-state index < -0.39 is 0 Å². The summed E-state index contributed by atoms with van der Waals surface area (Å²) in [4.78, 5) is 0. The molecule has 1 unspecified atom stereocenters. The lowest BCUT2D eigenvalue weighted by Crippen LogP contribution is -2.03. The van der Waals surface area contributed by atoms with Gasteiger partial charge in [-0.15, -0.1) is 0 Å². The summed E-state index contributed by atoms with van der Waals surface area (Å²) in [6, 6.07) is 9.90. The number of ether oxygens (including phenoxy) is 2. The second-order valence-corrected chi connectivity index (χ2v) is 4.33. The molecule has 96 valence electrons. The van der Waals surface area contributed by atoms with Gasteiger partial charge in [-0.2, -0.15) is 0 Å². The third kappa shape index (κ3) is 2.02. The number of rotatable bonds is 4. The van der Waals surface area contributed by atoms with Crippen molar-refractivity contribution in [3.8, 4) is 11.5 Å². The van der Waals surface area contributed by atoms with Crippen LogP contribution in [0.4, 0.5) is 0 Å². The van der Waals surface area contributed by atoms with Gasteiger partial charge in [0, 0.05) is 28.9 Å². The Kier molecular flexibility index (Phi) is 3.72. The zero-order valence-corrected chi connectivity index (χ0v) is 10.9. The van der Waals surface area contributed by atoms with Crippen molar-refractivity contribution in [1.29, 1.82) is 0 Å². The molecule has 1 N–H and O–H groups in total. The van der Waals surface area contributed by atoms with E-state index >= 15 is 0 Å². The lowest BCUT2D eigenvalue weighted by Gasteiger charge is -2.18. The fourth-order valence-corrected chi connectivity index (χ4v) is 2.20. The summed E-state index contributed by atoms with van der Waals surface area (Å²) in [6.07, 6.45) is 0. The van der Waals surface area contributed by atoms with Gasteiger partial charge < -0.3 is 14.6 Å². The van der Waals surface area contributed by atoms with Crippen LogP contribution in [0.25, 0.3) is 10.8 Å². The molecule has 0 saturated heterocycles. The van der Waals surface area contributed by atoms with Crippen LogP contribution in [0.15, 0.2) is 30.3 Å². The van der Waals surface area contributed by atoms with E-state index in [9.17, 15) is 5.11 Å². The molecule has 0 saturated carbocycles. The van der Waals surface area contributed by atoms with Crippen molar-refractivity contribution in [3.05, 3.63) is 35.9 Å². The Labute approximate surface area is 107 Å². The van der Waals surface area contributed by atoms with E-state index in [1.54, 1.807) is 14.2 Å². The first-order chi connectivity index (χ1) is 8.72. The number of aliphatic hydroxyl groups is 1. The van der Waals surface area contributed by atoms with Crippen molar-refractivity contribution in [2.75, 3.05) is 20.8 Å². The molecule has 0 amide bonds. The van der Waals surface area contributed by atoms with Crippen LogP contribution in [-0.2, 0) is 0 Å². The maximum Gasteiger partial charge on any atom is 0.130 e. The van der Waals surface area contributed by atoms with Gasteiger partial charge >= 0.3 is 0 Å². The molecule has 0 spiro atoms. The zero-order valence-electron chi connectivity index (χ0n) is 10.9. The minimum atomic E-state index is 0.0125. The summed E-state index contributed by atoms with van der Waals surface area (Å²) in [5, 5.41) is 11.4. The topological polar surface area (TPSA) is 38.7 Å². The molecule has 0 heterocycles. The fourth-order valence-electron chi connectivity index (χ4n) is 2.20. The summed E-state index contributed by atoms with van der Waals surface area (Å²) in [5.74, 6) is 1.63. The highest BCUT2D eigenvalue weighted by molar-refractivity contribution is 5.94. The van der Waals surface area contributed by atoms with Crippen molar-refractivity contribution in [1.82, 2.24) is 0 Å². The number of aliphatic hydroxyl groups excluding tert-OH is 1. The molecule has 1 atom stereocenters. The molecular formula is C15H18O3. The van der Waals surface area contributed by atoms with Crippen LogP contribution < -0.4 is 9.47 Å². The maximum atomic E-state index is 9.35. The Hall–Kier alpha value is -1.74. The van der Waals surface area contributed by atoms with E-state index in [0.717, 1.165) is 27.8 Å². The molecule has 0 bridgehead atoms. The van der Waals surface area contributed by atoms with Gasteiger partial charge in [-0.3, -0.25) is 0 Å². The standard InChI is InChI=1S/C15H18O3/c1-10(9-16)13-8-14(17-2)11-6-4-5-7-12(11)15(13)18-3/h4-8,10,16H,9H2,1-3H3. The molecule has 3 heteroatoms. The normalized spacial score (nSPS) is 12.4. The SMILES string of the molecule is COc1cc(C(C)CO)c(OC)c2ccccc12. The van der Waals surface area contributed by atoms with Gasteiger partial charge in [0.05, 0.1) is 14.2 Å². The van der Waals surface area contributed by atoms with Crippen LogP contribution in [0.2, 0.25) is 0 Å². The highest BCUT2D eigenvalue weighted by atomic mass is 16.5. The van der Waals surface area contributed by atoms with Gasteiger partial charge in [0.15, 0.2) is 0 Å². The van der Waals surface area contributed by atoms with Crippen LogP contribution in [0.3, 0.4) is 0 Å². The Morgan fingerprint density at radius 3 is 2.33 bits per heavy atom. The zero-order chi connectivity index (χ0) is 13.1. The van der Waals surface area contributed by atoms with Crippen LogP contribution in [0.1, 0.15) is 18.4 Å². The monoisotopic (exact) mass is 246 g/mol. The summed E-state index contributed by atoms with van der Waals surface area (Å²) in [5.41, 5.74) is 0.968. The van der Waals surface area contributed by atoms with Crippen LogP contribution in [0, 0.1) is 0 Å². The number of hydrogen-bond acceptors (Lipinski definition) is 3. The van der Waals surface area contributed by atoms with E-state index in [2.05, 4.69) is 0 Å². The molecule has 2 aromatic rings. The first-order valence-corrected chi connectivity index (χ1v) is 5.97. The van der Waals surface area contributed by atoms with Gasteiger partial charge in [0.25, 0.3) is 0 Å².